The van der Waals surface area contributed by atoms with Gasteiger partial charge >= 0.3 is 6.18 Å². The molecule has 0 saturated heterocycles. The van der Waals surface area contributed by atoms with Crippen LogP contribution in [0.1, 0.15) is 55.3 Å². The topological polar surface area (TPSA) is 26.0 Å². The molecule has 0 aromatic heterocycles. The minimum Gasteiger partial charge on any atom is -0.324 e. The van der Waals surface area contributed by atoms with Gasteiger partial charge in [-0.15, -0.1) is 0 Å². The molecule has 20 heavy (non-hydrogen) atoms. The molecule has 0 bridgehead atoms. The van der Waals surface area contributed by atoms with E-state index in [0.717, 1.165) is 24.5 Å². The smallest absolute Gasteiger partial charge is 0.324 e. The van der Waals surface area contributed by atoms with E-state index in [2.05, 4.69) is 6.92 Å². The Morgan fingerprint density at radius 1 is 1.25 bits per heavy atom. The Morgan fingerprint density at radius 3 is 2.50 bits per heavy atom. The van der Waals surface area contributed by atoms with Crippen molar-refractivity contribution in [1.29, 1.82) is 0 Å². The maximum Gasteiger partial charge on any atom is 0.416 e. The number of rotatable bonds is 2. The molecule has 1 aromatic carbocycles. The van der Waals surface area contributed by atoms with E-state index in [9.17, 15) is 13.2 Å². The number of alkyl halides is 3. The molecule has 0 radical (unpaired) electrons. The second-order valence-corrected chi connectivity index (χ2v) is 6.13. The van der Waals surface area contributed by atoms with Crippen LogP contribution in [0, 0.1) is 18.8 Å². The van der Waals surface area contributed by atoms with Gasteiger partial charge in [0.25, 0.3) is 0 Å². The predicted molar refractivity (Wildman–Crippen MR) is 74.2 cm³/mol. The Morgan fingerprint density at radius 2 is 1.95 bits per heavy atom. The zero-order chi connectivity index (χ0) is 14.9. The van der Waals surface area contributed by atoms with Crippen molar-refractivity contribution < 1.29 is 13.2 Å². The van der Waals surface area contributed by atoms with Gasteiger partial charge in [0.05, 0.1) is 5.56 Å². The monoisotopic (exact) mass is 285 g/mol. The molecule has 1 fully saturated rings. The number of aryl methyl sites for hydroxylation is 1. The Kier molecular flexibility index (Phi) is 4.43. The SMILES string of the molecule is Cc1cc(C(F)(F)F)ccc1C(N)C1CCCC(C)C1. The fourth-order valence-electron chi connectivity index (χ4n) is 3.29. The second-order valence-electron chi connectivity index (χ2n) is 6.13. The van der Waals surface area contributed by atoms with Crippen LogP contribution in [-0.4, -0.2) is 0 Å². The summed E-state index contributed by atoms with van der Waals surface area (Å²) in [6.45, 7) is 3.94. The van der Waals surface area contributed by atoms with E-state index < -0.39 is 11.7 Å². The van der Waals surface area contributed by atoms with Gasteiger partial charge in [-0.25, -0.2) is 0 Å². The van der Waals surface area contributed by atoms with E-state index >= 15 is 0 Å². The molecule has 4 heteroatoms. The maximum atomic E-state index is 12.7. The predicted octanol–water partition coefficient (Wildman–Crippen LogP) is 4.84. The molecule has 0 amide bonds. The Hall–Kier alpha value is -1.03. The lowest BCUT2D eigenvalue weighted by Crippen LogP contribution is -2.27. The van der Waals surface area contributed by atoms with Gasteiger partial charge in [-0.2, -0.15) is 13.2 Å². The summed E-state index contributed by atoms with van der Waals surface area (Å²) in [4.78, 5) is 0. The quantitative estimate of drug-likeness (QED) is 0.826. The van der Waals surface area contributed by atoms with Gasteiger partial charge in [0.1, 0.15) is 0 Å². The van der Waals surface area contributed by atoms with Crippen molar-refractivity contribution in [2.45, 2.75) is 51.7 Å². The first-order chi connectivity index (χ1) is 9.29. The third kappa shape index (κ3) is 3.35. The summed E-state index contributed by atoms with van der Waals surface area (Å²) < 4.78 is 38.0. The largest absolute Gasteiger partial charge is 0.416 e. The molecule has 0 aliphatic heterocycles. The van der Waals surface area contributed by atoms with E-state index in [-0.39, 0.29) is 6.04 Å². The van der Waals surface area contributed by atoms with Gasteiger partial charge in [-0.05, 0) is 54.9 Å². The summed E-state index contributed by atoms with van der Waals surface area (Å²) in [5.41, 5.74) is 7.22. The van der Waals surface area contributed by atoms with Crippen molar-refractivity contribution >= 4 is 0 Å². The molecule has 1 nitrogen and oxygen atoms in total. The number of nitrogens with two attached hydrogens (primary N) is 1. The van der Waals surface area contributed by atoms with Gasteiger partial charge in [0.2, 0.25) is 0 Å². The number of hydrogen-bond acceptors (Lipinski definition) is 1. The van der Waals surface area contributed by atoms with Gasteiger partial charge < -0.3 is 5.73 Å². The van der Waals surface area contributed by atoms with Crippen LogP contribution in [0.2, 0.25) is 0 Å². The molecule has 1 aliphatic carbocycles. The summed E-state index contributed by atoms with van der Waals surface area (Å²) >= 11 is 0. The average Bonchev–Trinajstić information content (AvgIpc) is 2.36. The van der Waals surface area contributed by atoms with Crippen LogP contribution >= 0.6 is 0 Å². The summed E-state index contributed by atoms with van der Waals surface area (Å²) in [5.74, 6) is 1.05. The maximum absolute atomic E-state index is 12.7. The van der Waals surface area contributed by atoms with Gasteiger partial charge in [-0.3, -0.25) is 0 Å². The Balaban J connectivity index is 2.20. The number of hydrogen-bond donors (Lipinski definition) is 1. The highest BCUT2D eigenvalue weighted by atomic mass is 19.4. The van der Waals surface area contributed by atoms with E-state index in [1.807, 2.05) is 0 Å². The molecule has 2 N–H and O–H groups in total. The van der Waals surface area contributed by atoms with Crippen LogP contribution < -0.4 is 5.73 Å². The van der Waals surface area contributed by atoms with Crippen LogP contribution in [0.25, 0.3) is 0 Å². The lowest BCUT2D eigenvalue weighted by atomic mass is 9.76. The first-order valence-corrected chi connectivity index (χ1v) is 7.22. The molecule has 1 aliphatic rings. The second kappa shape index (κ2) is 5.76. The van der Waals surface area contributed by atoms with Crippen molar-refractivity contribution in [3.05, 3.63) is 34.9 Å². The molecule has 112 valence electrons. The zero-order valence-electron chi connectivity index (χ0n) is 12.0. The molecule has 0 spiro atoms. The third-order valence-electron chi connectivity index (χ3n) is 4.44. The zero-order valence-corrected chi connectivity index (χ0v) is 12.0. The highest BCUT2D eigenvalue weighted by Gasteiger charge is 2.32. The van der Waals surface area contributed by atoms with Crippen LogP contribution in [0.4, 0.5) is 13.2 Å². The molecule has 3 unspecified atom stereocenters. The first kappa shape index (κ1) is 15.4. The fourth-order valence-corrected chi connectivity index (χ4v) is 3.29. The van der Waals surface area contributed by atoms with Gasteiger partial charge in [-0.1, -0.05) is 25.8 Å². The summed E-state index contributed by atoms with van der Waals surface area (Å²) in [5, 5.41) is 0. The van der Waals surface area contributed by atoms with Crippen LogP contribution in [0.15, 0.2) is 18.2 Å². The minimum absolute atomic E-state index is 0.153. The van der Waals surface area contributed by atoms with Crippen LogP contribution in [0.3, 0.4) is 0 Å². The van der Waals surface area contributed by atoms with E-state index in [1.54, 1.807) is 13.0 Å². The van der Waals surface area contributed by atoms with E-state index in [0.29, 0.717) is 17.4 Å². The van der Waals surface area contributed by atoms with Crippen molar-refractivity contribution in [3.63, 3.8) is 0 Å². The third-order valence-corrected chi connectivity index (χ3v) is 4.44. The normalized spacial score (nSPS) is 25.5. The van der Waals surface area contributed by atoms with Crippen molar-refractivity contribution in [1.82, 2.24) is 0 Å². The highest BCUT2D eigenvalue weighted by molar-refractivity contribution is 5.34. The van der Waals surface area contributed by atoms with Crippen LogP contribution in [0.5, 0.6) is 0 Å². The molecular weight excluding hydrogens is 263 g/mol. The van der Waals surface area contributed by atoms with E-state index in [1.165, 1.54) is 18.9 Å². The van der Waals surface area contributed by atoms with Crippen molar-refractivity contribution in [2.75, 3.05) is 0 Å². The van der Waals surface area contributed by atoms with Gasteiger partial charge in [0.15, 0.2) is 0 Å². The Bertz CT molecular complexity index is 467. The van der Waals surface area contributed by atoms with Crippen LogP contribution in [-0.2, 0) is 6.18 Å². The lowest BCUT2D eigenvalue weighted by Gasteiger charge is -2.32. The molecule has 1 saturated carbocycles. The molecule has 2 rings (SSSR count). The summed E-state index contributed by atoms with van der Waals surface area (Å²) in [7, 11) is 0. The highest BCUT2D eigenvalue weighted by Crippen LogP contribution is 2.38. The first-order valence-electron chi connectivity index (χ1n) is 7.22. The lowest BCUT2D eigenvalue weighted by molar-refractivity contribution is -0.137. The fraction of sp³-hybridized carbons (Fsp3) is 0.625. The summed E-state index contributed by atoms with van der Waals surface area (Å²) in [6, 6.07) is 3.76. The average molecular weight is 285 g/mol. The number of benzene rings is 1. The molecule has 0 heterocycles. The van der Waals surface area contributed by atoms with Crippen molar-refractivity contribution in [2.24, 2.45) is 17.6 Å². The van der Waals surface area contributed by atoms with E-state index in [4.69, 9.17) is 5.73 Å². The molecular formula is C16H22F3N. The molecule has 1 aromatic rings. The van der Waals surface area contributed by atoms with Gasteiger partial charge in [0, 0.05) is 6.04 Å². The molecule has 3 atom stereocenters. The minimum atomic E-state index is -4.28. The Labute approximate surface area is 118 Å². The summed E-state index contributed by atoms with van der Waals surface area (Å²) in [6.07, 6.45) is 0.259. The number of halogens is 3. The van der Waals surface area contributed by atoms with Crippen molar-refractivity contribution in [3.8, 4) is 0 Å². The standard InChI is InChI=1S/C16H22F3N/c1-10-4-3-5-12(8-10)15(20)14-7-6-13(9-11(14)2)16(17,18)19/h6-7,9-10,12,15H,3-5,8,20H2,1-2H3.